The average Bonchev–Trinajstić information content (AvgIpc) is 2.52. The van der Waals surface area contributed by atoms with Crippen molar-refractivity contribution >= 4 is 0 Å². The number of pyridine rings is 1. The number of hydrogen-bond acceptors (Lipinski definition) is 4. The quantitative estimate of drug-likeness (QED) is 0.748. The Labute approximate surface area is 119 Å². The summed E-state index contributed by atoms with van der Waals surface area (Å²) in [5, 5.41) is 0. The summed E-state index contributed by atoms with van der Waals surface area (Å²) in [6.07, 6.45) is 2.62. The highest BCUT2D eigenvalue weighted by Gasteiger charge is 1.96. The maximum atomic E-state index is 5.58. The van der Waals surface area contributed by atoms with Crippen molar-refractivity contribution in [3.63, 3.8) is 0 Å². The van der Waals surface area contributed by atoms with E-state index >= 15 is 0 Å². The van der Waals surface area contributed by atoms with Crippen LogP contribution in [0.15, 0.2) is 48.7 Å². The fourth-order valence-electron chi connectivity index (χ4n) is 1.77. The van der Waals surface area contributed by atoms with Gasteiger partial charge in [-0.25, -0.2) is 0 Å². The van der Waals surface area contributed by atoms with Gasteiger partial charge in [-0.1, -0.05) is 18.2 Å². The van der Waals surface area contributed by atoms with Gasteiger partial charge in [0.05, 0.1) is 13.2 Å². The molecule has 2 aromatic rings. The lowest BCUT2D eigenvalue weighted by Gasteiger charge is -2.07. The first-order chi connectivity index (χ1) is 9.88. The molecular formula is C16H20N2O2. The third kappa shape index (κ3) is 4.99. The monoisotopic (exact) mass is 272 g/mol. The second-order valence-electron chi connectivity index (χ2n) is 4.38. The number of rotatable bonds is 8. The highest BCUT2D eigenvalue weighted by molar-refractivity contribution is 5.27. The Morgan fingerprint density at radius 2 is 1.80 bits per heavy atom. The molecule has 4 nitrogen and oxygen atoms in total. The zero-order chi connectivity index (χ0) is 14.0. The van der Waals surface area contributed by atoms with Crippen LogP contribution in [0.3, 0.4) is 0 Å². The van der Waals surface area contributed by atoms with Crippen LogP contribution in [-0.2, 0) is 17.7 Å². The molecule has 0 saturated carbocycles. The average molecular weight is 272 g/mol. The minimum absolute atomic E-state index is 0.546. The summed E-state index contributed by atoms with van der Waals surface area (Å²) in [6, 6.07) is 13.7. The van der Waals surface area contributed by atoms with E-state index in [-0.39, 0.29) is 0 Å². The van der Waals surface area contributed by atoms with E-state index in [1.165, 1.54) is 0 Å². The lowest BCUT2D eigenvalue weighted by Crippen LogP contribution is -2.09. The van der Waals surface area contributed by atoms with E-state index in [0.717, 1.165) is 23.4 Å². The number of benzene rings is 1. The van der Waals surface area contributed by atoms with E-state index < -0.39 is 0 Å². The molecule has 1 aromatic carbocycles. The fraction of sp³-hybridized carbons (Fsp3) is 0.312. The van der Waals surface area contributed by atoms with Crippen LogP contribution in [0.2, 0.25) is 0 Å². The second kappa shape index (κ2) is 8.30. The Morgan fingerprint density at radius 1 is 0.950 bits per heavy atom. The zero-order valence-corrected chi connectivity index (χ0v) is 11.5. The highest BCUT2D eigenvalue weighted by atomic mass is 16.5. The summed E-state index contributed by atoms with van der Waals surface area (Å²) in [7, 11) is 0. The maximum absolute atomic E-state index is 5.58. The summed E-state index contributed by atoms with van der Waals surface area (Å²) in [6.45, 7) is 2.33. The van der Waals surface area contributed by atoms with Crippen LogP contribution in [0.5, 0.6) is 5.75 Å². The van der Waals surface area contributed by atoms with Crippen molar-refractivity contribution in [2.45, 2.75) is 13.0 Å². The number of hydrogen-bond donors (Lipinski definition) is 1. The lowest BCUT2D eigenvalue weighted by molar-refractivity contribution is 0.102. The third-order valence-corrected chi connectivity index (χ3v) is 2.88. The molecule has 0 fully saturated rings. The Bertz CT molecular complexity index is 486. The molecule has 0 radical (unpaired) electrons. The summed E-state index contributed by atoms with van der Waals surface area (Å²) in [4.78, 5) is 4.24. The molecule has 2 N–H and O–H groups in total. The zero-order valence-electron chi connectivity index (χ0n) is 11.5. The van der Waals surface area contributed by atoms with Gasteiger partial charge in [-0.3, -0.25) is 4.98 Å². The fourth-order valence-corrected chi connectivity index (χ4v) is 1.77. The van der Waals surface area contributed by atoms with Gasteiger partial charge >= 0.3 is 0 Å². The van der Waals surface area contributed by atoms with Crippen LogP contribution in [0.4, 0.5) is 0 Å². The number of nitrogens with two attached hydrogens (primary N) is 1. The first kappa shape index (κ1) is 14.5. The van der Waals surface area contributed by atoms with Crippen molar-refractivity contribution in [1.82, 2.24) is 4.98 Å². The molecule has 0 spiro atoms. The molecule has 0 atom stereocenters. The maximum Gasteiger partial charge on any atom is 0.119 e. The van der Waals surface area contributed by atoms with Gasteiger partial charge in [0.2, 0.25) is 0 Å². The standard InChI is InChI=1S/C16H20N2O2/c17-13-14-4-6-16(7-5-14)20-12-11-19-10-8-15-3-1-2-9-18-15/h1-7,9H,8,10-13,17H2. The summed E-state index contributed by atoms with van der Waals surface area (Å²) < 4.78 is 11.1. The number of ether oxygens (including phenoxy) is 2. The van der Waals surface area contributed by atoms with Gasteiger partial charge in [0.25, 0.3) is 0 Å². The normalized spacial score (nSPS) is 10.4. The van der Waals surface area contributed by atoms with Crippen molar-refractivity contribution in [3.05, 3.63) is 59.9 Å². The van der Waals surface area contributed by atoms with Gasteiger partial charge in [-0.2, -0.15) is 0 Å². The smallest absolute Gasteiger partial charge is 0.119 e. The van der Waals surface area contributed by atoms with Crippen LogP contribution in [-0.4, -0.2) is 24.8 Å². The lowest BCUT2D eigenvalue weighted by atomic mass is 10.2. The molecule has 0 bridgehead atoms. The predicted molar refractivity (Wildman–Crippen MR) is 78.6 cm³/mol. The Balaban J connectivity index is 1.57. The van der Waals surface area contributed by atoms with Crippen molar-refractivity contribution in [3.8, 4) is 5.75 Å². The Morgan fingerprint density at radius 3 is 2.50 bits per heavy atom. The second-order valence-corrected chi connectivity index (χ2v) is 4.38. The van der Waals surface area contributed by atoms with E-state index in [9.17, 15) is 0 Å². The molecule has 106 valence electrons. The van der Waals surface area contributed by atoms with Gasteiger partial charge in [-0.05, 0) is 29.8 Å². The van der Waals surface area contributed by atoms with Crippen LogP contribution in [0.25, 0.3) is 0 Å². The van der Waals surface area contributed by atoms with Gasteiger partial charge in [0.15, 0.2) is 0 Å². The molecule has 0 amide bonds. The van der Waals surface area contributed by atoms with E-state index in [1.807, 2.05) is 42.5 Å². The van der Waals surface area contributed by atoms with Crippen LogP contribution in [0, 0.1) is 0 Å². The molecular weight excluding hydrogens is 252 g/mol. The summed E-state index contributed by atoms with van der Waals surface area (Å²) in [5.41, 5.74) is 7.68. The van der Waals surface area contributed by atoms with Gasteiger partial charge < -0.3 is 15.2 Å². The Hall–Kier alpha value is -1.91. The van der Waals surface area contributed by atoms with Crippen LogP contribution < -0.4 is 10.5 Å². The summed E-state index contributed by atoms with van der Waals surface area (Å²) >= 11 is 0. The summed E-state index contributed by atoms with van der Waals surface area (Å²) in [5.74, 6) is 0.843. The molecule has 1 aromatic heterocycles. The molecule has 0 saturated heterocycles. The van der Waals surface area contributed by atoms with Crippen LogP contribution >= 0.6 is 0 Å². The largest absolute Gasteiger partial charge is 0.491 e. The van der Waals surface area contributed by atoms with Crippen LogP contribution in [0.1, 0.15) is 11.3 Å². The first-order valence-corrected chi connectivity index (χ1v) is 6.78. The van der Waals surface area contributed by atoms with Gasteiger partial charge in [-0.15, -0.1) is 0 Å². The van der Waals surface area contributed by atoms with Gasteiger partial charge in [0.1, 0.15) is 12.4 Å². The van der Waals surface area contributed by atoms with Crippen molar-refractivity contribution in [2.75, 3.05) is 19.8 Å². The van der Waals surface area contributed by atoms with Crippen molar-refractivity contribution in [2.24, 2.45) is 5.73 Å². The minimum atomic E-state index is 0.546. The van der Waals surface area contributed by atoms with Gasteiger partial charge in [0, 0.05) is 24.9 Å². The van der Waals surface area contributed by atoms with E-state index in [4.69, 9.17) is 15.2 Å². The van der Waals surface area contributed by atoms with E-state index in [1.54, 1.807) is 6.20 Å². The number of nitrogens with zero attached hydrogens (tertiary/aromatic N) is 1. The van der Waals surface area contributed by atoms with Crippen molar-refractivity contribution < 1.29 is 9.47 Å². The first-order valence-electron chi connectivity index (χ1n) is 6.78. The predicted octanol–water partition coefficient (Wildman–Crippen LogP) is 2.18. The molecule has 0 aliphatic rings. The molecule has 4 heteroatoms. The SMILES string of the molecule is NCc1ccc(OCCOCCc2ccccn2)cc1. The number of aromatic nitrogens is 1. The molecule has 0 aliphatic carbocycles. The van der Waals surface area contributed by atoms with Crippen molar-refractivity contribution in [1.29, 1.82) is 0 Å². The highest BCUT2D eigenvalue weighted by Crippen LogP contribution is 2.11. The molecule has 20 heavy (non-hydrogen) atoms. The van der Waals surface area contributed by atoms with E-state index in [2.05, 4.69) is 4.98 Å². The van der Waals surface area contributed by atoms with E-state index in [0.29, 0.717) is 26.4 Å². The topological polar surface area (TPSA) is 57.4 Å². The minimum Gasteiger partial charge on any atom is -0.491 e. The molecule has 2 rings (SSSR count). The third-order valence-electron chi connectivity index (χ3n) is 2.88. The Kier molecular flexibility index (Phi) is 6.02. The molecule has 0 unspecified atom stereocenters. The molecule has 0 aliphatic heterocycles. The molecule has 1 heterocycles.